The van der Waals surface area contributed by atoms with Gasteiger partial charge in [-0.2, -0.15) is 0 Å². The van der Waals surface area contributed by atoms with Gasteiger partial charge in [-0.05, 0) is 35.9 Å². The van der Waals surface area contributed by atoms with Crippen LogP contribution < -0.4 is 9.47 Å². The Labute approximate surface area is 163 Å². The van der Waals surface area contributed by atoms with Gasteiger partial charge in [-0.3, -0.25) is 4.79 Å². The molecule has 0 amide bonds. The third-order valence-electron chi connectivity index (χ3n) is 4.02. The quantitative estimate of drug-likeness (QED) is 0.539. The maximum Gasteiger partial charge on any atom is 0.338 e. The van der Waals surface area contributed by atoms with Crippen LogP contribution in [0.5, 0.6) is 11.5 Å². The lowest BCUT2D eigenvalue weighted by molar-refractivity contribution is 0.0474. The van der Waals surface area contributed by atoms with E-state index in [4.69, 9.17) is 14.2 Å². The van der Waals surface area contributed by atoms with Crippen molar-refractivity contribution in [1.29, 1.82) is 0 Å². The van der Waals surface area contributed by atoms with E-state index in [-0.39, 0.29) is 17.1 Å². The SMILES string of the molecule is CS(=O)(=O)Cc1ccc(C(=O)OCC(=O)c2ccc3c(c2)OCCCO3)cc1. The molecule has 0 bridgehead atoms. The van der Waals surface area contributed by atoms with Crippen LogP contribution in [0.2, 0.25) is 0 Å². The highest BCUT2D eigenvalue weighted by Gasteiger charge is 2.16. The van der Waals surface area contributed by atoms with Crippen molar-refractivity contribution in [3.63, 3.8) is 0 Å². The summed E-state index contributed by atoms with van der Waals surface area (Å²) in [6, 6.07) is 10.9. The van der Waals surface area contributed by atoms with Gasteiger partial charge in [0.05, 0.1) is 24.5 Å². The summed E-state index contributed by atoms with van der Waals surface area (Å²) in [6.07, 6.45) is 1.90. The molecule has 2 aromatic carbocycles. The first kappa shape index (κ1) is 19.9. The molecular formula is C20H20O7S. The lowest BCUT2D eigenvalue weighted by atomic mass is 10.1. The Bertz CT molecular complexity index is 978. The predicted octanol–water partition coefficient (Wildman–Crippen LogP) is 2.43. The van der Waals surface area contributed by atoms with Gasteiger partial charge in [0.2, 0.25) is 0 Å². The molecule has 8 heteroatoms. The molecule has 0 fully saturated rings. The monoisotopic (exact) mass is 404 g/mol. The van der Waals surface area contributed by atoms with Gasteiger partial charge in [-0.1, -0.05) is 12.1 Å². The fourth-order valence-corrected chi connectivity index (χ4v) is 3.47. The summed E-state index contributed by atoms with van der Waals surface area (Å²) >= 11 is 0. The fraction of sp³-hybridized carbons (Fsp3) is 0.300. The van der Waals surface area contributed by atoms with Gasteiger partial charge in [0.25, 0.3) is 0 Å². The standard InChI is InChI=1S/C20H20O7S/c1-28(23,24)13-14-3-5-15(6-4-14)20(22)27-12-17(21)16-7-8-18-19(11-16)26-10-2-9-25-18/h3-8,11H,2,9-10,12-13H2,1H3. The molecule has 7 nitrogen and oxygen atoms in total. The largest absolute Gasteiger partial charge is 0.490 e. The van der Waals surface area contributed by atoms with Crippen molar-refractivity contribution in [2.45, 2.75) is 12.2 Å². The summed E-state index contributed by atoms with van der Waals surface area (Å²) in [5, 5.41) is 0. The molecule has 2 aromatic rings. The number of fused-ring (bicyclic) bond motifs is 1. The van der Waals surface area contributed by atoms with Crippen LogP contribution >= 0.6 is 0 Å². The molecule has 148 valence electrons. The maximum absolute atomic E-state index is 12.3. The fourth-order valence-electron chi connectivity index (χ4n) is 2.67. The van der Waals surface area contributed by atoms with Gasteiger partial charge < -0.3 is 14.2 Å². The van der Waals surface area contributed by atoms with Crippen molar-refractivity contribution in [3.8, 4) is 11.5 Å². The van der Waals surface area contributed by atoms with Crippen LogP contribution in [-0.2, 0) is 20.3 Å². The number of carbonyl (C=O) groups is 2. The van der Waals surface area contributed by atoms with Crippen molar-refractivity contribution >= 4 is 21.6 Å². The molecule has 0 N–H and O–H groups in total. The highest BCUT2D eigenvalue weighted by Crippen LogP contribution is 2.30. The average molecular weight is 404 g/mol. The third kappa shape index (κ3) is 5.32. The Morgan fingerprint density at radius 2 is 1.61 bits per heavy atom. The molecule has 0 atom stereocenters. The van der Waals surface area contributed by atoms with Crippen LogP contribution in [0.1, 0.15) is 32.7 Å². The molecule has 3 rings (SSSR count). The minimum Gasteiger partial charge on any atom is -0.490 e. The van der Waals surface area contributed by atoms with E-state index in [1.807, 2.05) is 0 Å². The molecule has 0 aliphatic carbocycles. The number of hydrogen-bond donors (Lipinski definition) is 0. The molecule has 0 aromatic heterocycles. The van der Waals surface area contributed by atoms with E-state index < -0.39 is 22.4 Å². The van der Waals surface area contributed by atoms with E-state index >= 15 is 0 Å². The smallest absolute Gasteiger partial charge is 0.338 e. The summed E-state index contributed by atoms with van der Waals surface area (Å²) in [6.45, 7) is 0.652. The van der Waals surface area contributed by atoms with E-state index in [1.165, 1.54) is 12.1 Å². The van der Waals surface area contributed by atoms with Crippen LogP contribution in [0.25, 0.3) is 0 Å². The normalized spacial score (nSPS) is 13.5. The van der Waals surface area contributed by atoms with E-state index in [1.54, 1.807) is 30.3 Å². The molecule has 0 saturated heterocycles. The molecule has 1 aliphatic heterocycles. The van der Waals surface area contributed by atoms with Gasteiger partial charge >= 0.3 is 5.97 Å². The van der Waals surface area contributed by atoms with Gasteiger partial charge in [0.15, 0.2) is 33.7 Å². The summed E-state index contributed by atoms with van der Waals surface area (Å²) in [5.74, 6) is -0.0482. The van der Waals surface area contributed by atoms with Crippen LogP contribution in [-0.4, -0.2) is 46.2 Å². The minimum absolute atomic E-state index is 0.106. The van der Waals surface area contributed by atoms with E-state index in [0.717, 1.165) is 12.7 Å². The summed E-state index contributed by atoms with van der Waals surface area (Å²) in [5.41, 5.74) is 1.17. The number of ketones is 1. The van der Waals surface area contributed by atoms with Crippen molar-refractivity contribution in [2.75, 3.05) is 26.1 Å². The highest BCUT2D eigenvalue weighted by molar-refractivity contribution is 7.89. The minimum atomic E-state index is -3.15. The lowest BCUT2D eigenvalue weighted by Gasteiger charge is -2.09. The Balaban J connectivity index is 1.60. The zero-order chi connectivity index (χ0) is 20.1. The number of rotatable bonds is 6. The first-order valence-corrected chi connectivity index (χ1v) is 10.7. The van der Waals surface area contributed by atoms with E-state index in [0.29, 0.717) is 35.8 Å². The Hall–Kier alpha value is -2.87. The van der Waals surface area contributed by atoms with Crippen LogP contribution in [0, 0.1) is 0 Å². The first-order chi connectivity index (χ1) is 13.3. The van der Waals surface area contributed by atoms with Crippen molar-refractivity contribution in [1.82, 2.24) is 0 Å². The van der Waals surface area contributed by atoms with Gasteiger partial charge in [0, 0.05) is 18.2 Å². The number of benzene rings is 2. The Kier molecular flexibility index (Phi) is 5.99. The molecule has 28 heavy (non-hydrogen) atoms. The van der Waals surface area contributed by atoms with E-state index in [9.17, 15) is 18.0 Å². The van der Waals surface area contributed by atoms with Crippen LogP contribution in [0.15, 0.2) is 42.5 Å². The maximum atomic E-state index is 12.3. The van der Waals surface area contributed by atoms with Gasteiger partial charge in [0.1, 0.15) is 0 Å². The second kappa shape index (κ2) is 8.43. The lowest BCUT2D eigenvalue weighted by Crippen LogP contribution is -2.14. The van der Waals surface area contributed by atoms with E-state index in [2.05, 4.69) is 0 Å². The van der Waals surface area contributed by atoms with Crippen molar-refractivity contribution < 1.29 is 32.2 Å². The predicted molar refractivity (Wildman–Crippen MR) is 102 cm³/mol. The molecule has 0 unspecified atom stereocenters. The number of hydrogen-bond acceptors (Lipinski definition) is 7. The second-order valence-electron chi connectivity index (χ2n) is 6.48. The molecular weight excluding hydrogens is 384 g/mol. The second-order valence-corrected chi connectivity index (χ2v) is 8.62. The van der Waals surface area contributed by atoms with Gasteiger partial charge in [-0.25, -0.2) is 13.2 Å². The van der Waals surface area contributed by atoms with Crippen molar-refractivity contribution in [2.24, 2.45) is 0 Å². The molecule has 0 radical (unpaired) electrons. The Morgan fingerprint density at radius 3 is 2.29 bits per heavy atom. The number of ether oxygens (including phenoxy) is 3. The van der Waals surface area contributed by atoms with Crippen molar-refractivity contribution in [3.05, 3.63) is 59.2 Å². The third-order valence-corrected chi connectivity index (χ3v) is 4.88. The number of Topliss-reactive ketones (excluding diaryl/α,β-unsaturated/α-hetero) is 1. The van der Waals surface area contributed by atoms with Crippen LogP contribution in [0.3, 0.4) is 0 Å². The average Bonchev–Trinajstić information content (AvgIpc) is 2.90. The molecule has 1 heterocycles. The zero-order valence-corrected chi connectivity index (χ0v) is 16.2. The van der Waals surface area contributed by atoms with Crippen LogP contribution in [0.4, 0.5) is 0 Å². The van der Waals surface area contributed by atoms with Gasteiger partial charge in [-0.15, -0.1) is 0 Å². The Morgan fingerprint density at radius 1 is 0.964 bits per heavy atom. The number of esters is 1. The molecule has 1 aliphatic rings. The summed E-state index contributed by atoms with van der Waals surface area (Å²) < 4.78 is 38.7. The molecule has 0 spiro atoms. The summed E-state index contributed by atoms with van der Waals surface area (Å²) in [7, 11) is -3.15. The summed E-state index contributed by atoms with van der Waals surface area (Å²) in [4.78, 5) is 24.4. The highest BCUT2D eigenvalue weighted by atomic mass is 32.2. The zero-order valence-electron chi connectivity index (χ0n) is 15.3. The first-order valence-electron chi connectivity index (χ1n) is 8.68. The number of sulfone groups is 1. The molecule has 0 saturated carbocycles. The number of carbonyl (C=O) groups excluding carboxylic acids is 2. The topological polar surface area (TPSA) is 96.0 Å².